The summed E-state index contributed by atoms with van der Waals surface area (Å²) < 4.78 is 5.74. The van der Waals surface area contributed by atoms with Crippen LogP contribution in [0.1, 0.15) is 43.2 Å². The second-order valence-electron chi connectivity index (χ2n) is 11.2. The molecule has 3 fully saturated rings. The number of hydrogen-bond donors (Lipinski definition) is 2. The van der Waals surface area contributed by atoms with Crippen molar-refractivity contribution in [3.63, 3.8) is 0 Å². The van der Waals surface area contributed by atoms with Crippen molar-refractivity contribution in [1.29, 1.82) is 0 Å². The highest BCUT2D eigenvalue weighted by molar-refractivity contribution is 5.91. The van der Waals surface area contributed by atoms with E-state index in [1.165, 1.54) is 21.9 Å². The summed E-state index contributed by atoms with van der Waals surface area (Å²) in [6, 6.07) is 17.0. The second kappa shape index (κ2) is 9.31. The second-order valence-corrected chi connectivity index (χ2v) is 11.2. The zero-order chi connectivity index (χ0) is 25.7. The lowest BCUT2D eigenvalue weighted by Crippen LogP contribution is -2.48. The molecule has 4 aromatic rings. The standard InChI is InChI=1S/C31H34N4O3/c36-29-16-21(19-35(29)20-22-6-5-15-38-22)30(37)34-13-11-31(12-14-34,25-17-32-27-9-3-1-7-23(25)27)26-18-33-28-10-4-2-8-24(26)28/h1-4,7-10,17-18,21-22,32-33H,5-6,11-16,19-20H2. The Hall–Kier alpha value is -3.58. The van der Waals surface area contributed by atoms with E-state index in [2.05, 4.69) is 70.9 Å². The monoisotopic (exact) mass is 510 g/mol. The highest BCUT2D eigenvalue weighted by Crippen LogP contribution is 2.47. The number of nitrogens with one attached hydrogen (secondary N) is 2. The SMILES string of the molecule is O=C1CC(C(=O)N2CCC(c3c[nH]c4ccccc34)(c3c[nH]c4ccccc34)CC2)CN1CC1CCCO1. The largest absolute Gasteiger partial charge is 0.376 e. The Morgan fingerprint density at radius 1 is 0.947 bits per heavy atom. The number of aromatic nitrogens is 2. The van der Waals surface area contributed by atoms with Crippen molar-refractivity contribution in [2.75, 3.05) is 32.8 Å². The minimum absolute atomic E-state index is 0.0859. The summed E-state index contributed by atoms with van der Waals surface area (Å²) in [5.41, 5.74) is 4.65. The lowest BCUT2D eigenvalue weighted by molar-refractivity contribution is -0.137. The van der Waals surface area contributed by atoms with Gasteiger partial charge >= 0.3 is 0 Å². The Morgan fingerprint density at radius 2 is 1.58 bits per heavy atom. The van der Waals surface area contributed by atoms with E-state index in [0.29, 0.717) is 32.6 Å². The average molecular weight is 511 g/mol. The maximum Gasteiger partial charge on any atom is 0.227 e. The zero-order valence-corrected chi connectivity index (χ0v) is 21.6. The first-order valence-corrected chi connectivity index (χ1v) is 13.9. The highest BCUT2D eigenvalue weighted by Gasteiger charge is 2.44. The van der Waals surface area contributed by atoms with Crippen molar-refractivity contribution in [3.05, 3.63) is 72.1 Å². The number of hydrogen-bond acceptors (Lipinski definition) is 3. The number of rotatable bonds is 5. The normalized spacial score (nSPS) is 23.6. The molecule has 0 bridgehead atoms. The van der Waals surface area contributed by atoms with Gasteiger partial charge in [-0.05, 0) is 48.9 Å². The molecule has 0 aliphatic carbocycles. The van der Waals surface area contributed by atoms with Crippen LogP contribution in [0.3, 0.4) is 0 Å². The zero-order valence-electron chi connectivity index (χ0n) is 21.6. The number of para-hydroxylation sites is 2. The number of amides is 2. The summed E-state index contributed by atoms with van der Waals surface area (Å²) in [6.45, 7) is 3.26. The summed E-state index contributed by atoms with van der Waals surface area (Å²) in [6.07, 6.45) is 8.50. The van der Waals surface area contributed by atoms with Crippen molar-refractivity contribution < 1.29 is 14.3 Å². The number of carbonyl (C=O) groups is 2. The molecule has 3 saturated heterocycles. The van der Waals surface area contributed by atoms with Crippen LogP contribution < -0.4 is 0 Å². The van der Waals surface area contributed by atoms with Gasteiger partial charge in [-0.2, -0.15) is 0 Å². The summed E-state index contributed by atoms with van der Waals surface area (Å²) in [5, 5.41) is 2.48. The Labute approximate surface area is 222 Å². The van der Waals surface area contributed by atoms with Crippen molar-refractivity contribution in [2.45, 2.75) is 43.6 Å². The molecular weight excluding hydrogens is 476 g/mol. The molecule has 3 aliphatic rings. The van der Waals surface area contributed by atoms with Crippen LogP contribution in [0, 0.1) is 5.92 Å². The van der Waals surface area contributed by atoms with Gasteiger partial charge in [0.2, 0.25) is 11.8 Å². The molecule has 2 N–H and O–H groups in total. The Morgan fingerprint density at radius 3 is 2.18 bits per heavy atom. The lowest BCUT2D eigenvalue weighted by Gasteiger charge is -2.43. The number of fused-ring (bicyclic) bond motifs is 2. The topological polar surface area (TPSA) is 81.4 Å². The number of benzene rings is 2. The molecule has 0 saturated carbocycles. The van der Waals surface area contributed by atoms with Gasteiger partial charge in [-0.15, -0.1) is 0 Å². The summed E-state index contributed by atoms with van der Waals surface area (Å²) in [5.74, 6) is -0.0417. The van der Waals surface area contributed by atoms with Crippen LogP contribution in [0.4, 0.5) is 0 Å². The fourth-order valence-corrected chi connectivity index (χ4v) is 7.13. The van der Waals surface area contributed by atoms with E-state index in [-0.39, 0.29) is 29.3 Å². The molecular formula is C31H34N4O3. The molecule has 3 aliphatic heterocycles. The van der Waals surface area contributed by atoms with Gasteiger partial charge in [0.15, 0.2) is 0 Å². The predicted octanol–water partition coefficient (Wildman–Crippen LogP) is 4.59. The third kappa shape index (κ3) is 3.83. The summed E-state index contributed by atoms with van der Waals surface area (Å²) in [4.78, 5) is 37.2. The van der Waals surface area contributed by atoms with Gasteiger partial charge in [0, 0.05) is 78.8 Å². The van der Waals surface area contributed by atoms with Crippen LogP contribution in [-0.4, -0.2) is 70.5 Å². The van der Waals surface area contributed by atoms with E-state index < -0.39 is 0 Å². The minimum atomic E-state index is -0.252. The number of likely N-dealkylation sites (tertiary alicyclic amines) is 2. The van der Waals surface area contributed by atoms with Crippen molar-refractivity contribution in [3.8, 4) is 0 Å². The Kier molecular flexibility index (Phi) is 5.77. The van der Waals surface area contributed by atoms with Gasteiger partial charge in [-0.25, -0.2) is 0 Å². The summed E-state index contributed by atoms with van der Waals surface area (Å²) in [7, 11) is 0. The van der Waals surface area contributed by atoms with E-state index in [9.17, 15) is 9.59 Å². The first-order chi connectivity index (χ1) is 18.6. The molecule has 2 amide bonds. The molecule has 5 heterocycles. The van der Waals surface area contributed by atoms with E-state index >= 15 is 0 Å². The maximum atomic E-state index is 13.6. The fourth-order valence-electron chi connectivity index (χ4n) is 7.13. The first kappa shape index (κ1) is 23.5. The maximum absolute atomic E-state index is 13.6. The quantitative estimate of drug-likeness (QED) is 0.412. The fraction of sp³-hybridized carbons (Fsp3) is 0.419. The highest BCUT2D eigenvalue weighted by atomic mass is 16.5. The molecule has 196 valence electrons. The molecule has 2 unspecified atom stereocenters. The van der Waals surface area contributed by atoms with Crippen LogP contribution in [0.25, 0.3) is 21.8 Å². The Bertz CT molecular complexity index is 1410. The third-order valence-corrected chi connectivity index (χ3v) is 9.15. The molecule has 7 heteroatoms. The van der Waals surface area contributed by atoms with Crippen LogP contribution in [0.2, 0.25) is 0 Å². The van der Waals surface area contributed by atoms with Gasteiger partial charge < -0.3 is 24.5 Å². The van der Waals surface area contributed by atoms with Gasteiger partial charge in [0.05, 0.1) is 12.0 Å². The number of ether oxygens (including phenoxy) is 1. The number of H-pyrrole nitrogens is 2. The van der Waals surface area contributed by atoms with E-state index in [1.807, 2.05) is 9.80 Å². The number of aromatic amines is 2. The molecule has 2 atom stereocenters. The van der Waals surface area contributed by atoms with Crippen LogP contribution in [-0.2, 0) is 19.7 Å². The molecule has 7 nitrogen and oxygen atoms in total. The van der Waals surface area contributed by atoms with Gasteiger partial charge in [-0.3, -0.25) is 9.59 Å². The molecule has 0 radical (unpaired) electrons. The van der Waals surface area contributed by atoms with Crippen molar-refractivity contribution in [2.24, 2.45) is 5.92 Å². The smallest absolute Gasteiger partial charge is 0.227 e. The number of piperidine rings is 1. The minimum Gasteiger partial charge on any atom is -0.376 e. The number of nitrogens with zero attached hydrogens (tertiary/aromatic N) is 2. The van der Waals surface area contributed by atoms with E-state index in [4.69, 9.17) is 4.74 Å². The lowest BCUT2D eigenvalue weighted by atomic mass is 9.67. The predicted molar refractivity (Wildman–Crippen MR) is 147 cm³/mol. The number of carbonyl (C=O) groups excluding carboxylic acids is 2. The van der Waals surface area contributed by atoms with Gasteiger partial charge in [-0.1, -0.05) is 36.4 Å². The van der Waals surface area contributed by atoms with Gasteiger partial charge in [0.1, 0.15) is 0 Å². The summed E-state index contributed by atoms with van der Waals surface area (Å²) >= 11 is 0. The van der Waals surface area contributed by atoms with Gasteiger partial charge in [0.25, 0.3) is 0 Å². The van der Waals surface area contributed by atoms with Crippen LogP contribution in [0.15, 0.2) is 60.9 Å². The van der Waals surface area contributed by atoms with Crippen LogP contribution >= 0.6 is 0 Å². The van der Waals surface area contributed by atoms with E-state index in [1.54, 1.807) is 0 Å². The molecule has 38 heavy (non-hydrogen) atoms. The average Bonchev–Trinajstić information content (AvgIpc) is 3.76. The first-order valence-electron chi connectivity index (χ1n) is 13.9. The van der Waals surface area contributed by atoms with Crippen molar-refractivity contribution in [1.82, 2.24) is 19.8 Å². The molecule has 2 aromatic carbocycles. The third-order valence-electron chi connectivity index (χ3n) is 9.15. The van der Waals surface area contributed by atoms with E-state index in [0.717, 1.165) is 43.3 Å². The van der Waals surface area contributed by atoms with Crippen LogP contribution in [0.5, 0.6) is 0 Å². The van der Waals surface area contributed by atoms with Crippen molar-refractivity contribution >= 4 is 33.6 Å². The molecule has 0 spiro atoms. The molecule has 2 aromatic heterocycles. The Balaban J connectivity index is 1.15. The molecule has 7 rings (SSSR count).